The van der Waals surface area contributed by atoms with Gasteiger partial charge >= 0.3 is 0 Å². The lowest BCUT2D eigenvalue weighted by Gasteiger charge is -2.35. The summed E-state index contributed by atoms with van der Waals surface area (Å²) in [5.41, 5.74) is 2.78. The number of benzene rings is 1. The summed E-state index contributed by atoms with van der Waals surface area (Å²) in [4.78, 5) is 26.2. The maximum Gasteiger partial charge on any atom is 0.245 e. The minimum atomic E-state index is -0.00331. The number of nitrogens with one attached hydrogen (secondary N) is 1. The summed E-state index contributed by atoms with van der Waals surface area (Å²) in [5.74, 6) is 0.511. The van der Waals surface area contributed by atoms with Gasteiger partial charge in [-0.15, -0.1) is 0 Å². The van der Waals surface area contributed by atoms with Gasteiger partial charge in [-0.2, -0.15) is 0 Å². The second-order valence-corrected chi connectivity index (χ2v) is 7.37. The number of rotatable bonds is 4. The van der Waals surface area contributed by atoms with Gasteiger partial charge in [-0.1, -0.05) is 37.8 Å². The Morgan fingerprint density at radius 2 is 1.88 bits per heavy atom. The molecule has 0 bridgehead atoms. The van der Waals surface area contributed by atoms with Gasteiger partial charge in [0, 0.05) is 25.0 Å². The van der Waals surface area contributed by atoms with E-state index in [0.717, 1.165) is 45.2 Å². The van der Waals surface area contributed by atoms with E-state index >= 15 is 0 Å². The van der Waals surface area contributed by atoms with E-state index in [0.29, 0.717) is 5.92 Å². The zero-order valence-corrected chi connectivity index (χ0v) is 15.0. The number of carbonyl (C=O) groups is 2. The van der Waals surface area contributed by atoms with Gasteiger partial charge in [0.2, 0.25) is 11.8 Å². The van der Waals surface area contributed by atoms with Crippen LogP contribution < -0.4 is 5.32 Å². The third-order valence-corrected chi connectivity index (χ3v) is 5.84. The Kier molecular flexibility index (Phi) is 5.57. The summed E-state index contributed by atoms with van der Waals surface area (Å²) in [5, 5.41) is 3.27. The van der Waals surface area contributed by atoms with E-state index in [1.807, 2.05) is 11.8 Å². The Balaban J connectivity index is 1.50. The van der Waals surface area contributed by atoms with Crippen LogP contribution in [-0.2, 0) is 22.4 Å². The topological polar surface area (TPSA) is 49.4 Å². The monoisotopic (exact) mass is 340 g/mol. The Hall–Kier alpha value is -2.10. The molecule has 1 fully saturated rings. The van der Waals surface area contributed by atoms with Crippen LogP contribution >= 0.6 is 0 Å². The molecule has 1 heterocycles. The van der Waals surface area contributed by atoms with Crippen LogP contribution in [0.4, 0.5) is 0 Å². The number of amides is 2. The molecule has 2 atom stereocenters. The van der Waals surface area contributed by atoms with Crippen LogP contribution in [-0.4, -0.2) is 35.8 Å². The summed E-state index contributed by atoms with van der Waals surface area (Å²) < 4.78 is 0. The van der Waals surface area contributed by atoms with Crippen molar-refractivity contribution in [2.24, 2.45) is 11.8 Å². The molecule has 4 nitrogen and oxygen atoms in total. The molecule has 1 aliphatic heterocycles. The van der Waals surface area contributed by atoms with Crippen LogP contribution in [0.25, 0.3) is 0 Å². The van der Waals surface area contributed by atoms with E-state index in [4.69, 9.17) is 0 Å². The zero-order valence-electron chi connectivity index (χ0n) is 15.0. The molecule has 0 aromatic heterocycles. The molecule has 1 aromatic rings. The third kappa shape index (κ3) is 4.12. The number of aryl methyl sites for hydroxylation is 1. The van der Waals surface area contributed by atoms with Crippen molar-refractivity contribution < 1.29 is 9.59 Å². The maximum absolute atomic E-state index is 12.7. The van der Waals surface area contributed by atoms with Crippen molar-refractivity contribution >= 4 is 11.8 Å². The Morgan fingerprint density at radius 3 is 2.56 bits per heavy atom. The summed E-state index contributed by atoms with van der Waals surface area (Å²) >= 11 is 0. The average molecular weight is 340 g/mol. The number of fused-ring (bicyclic) bond motifs is 1. The third-order valence-electron chi connectivity index (χ3n) is 5.84. The molecule has 0 saturated carbocycles. The number of carbonyl (C=O) groups excluding carboxylic acids is 2. The minimum Gasteiger partial charge on any atom is -0.353 e. The van der Waals surface area contributed by atoms with Crippen LogP contribution in [0.15, 0.2) is 36.9 Å². The van der Waals surface area contributed by atoms with Gasteiger partial charge in [0.15, 0.2) is 0 Å². The van der Waals surface area contributed by atoms with E-state index in [2.05, 4.69) is 36.2 Å². The molecule has 1 aliphatic carbocycles. The molecule has 0 spiro atoms. The first-order chi connectivity index (χ1) is 12.1. The first-order valence-electron chi connectivity index (χ1n) is 9.37. The lowest BCUT2D eigenvalue weighted by molar-refractivity contribution is -0.129. The van der Waals surface area contributed by atoms with Crippen molar-refractivity contribution in [1.29, 1.82) is 0 Å². The Morgan fingerprint density at radius 1 is 1.20 bits per heavy atom. The first-order valence-corrected chi connectivity index (χ1v) is 9.37. The molecule has 2 amide bonds. The summed E-state index contributed by atoms with van der Waals surface area (Å²) in [6, 6.07) is 8.76. The number of nitrogens with zero attached hydrogens (tertiary/aromatic N) is 1. The lowest BCUT2D eigenvalue weighted by atomic mass is 9.83. The van der Waals surface area contributed by atoms with Gasteiger partial charge in [-0.3, -0.25) is 9.59 Å². The maximum atomic E-state index is 12.7. The second kappa shape index (κ2) is 7.85. The normalized spacial score (nSPS) is 22.0. The van der Waals surface area contributed by atoms with Crippen molar-refractivity contribution in [2.45, 2.75) is 45.1 Å². The SMILES string of the molecule is C=CC(=O)N1CCC(C(C)C(=O)NC2CCc3ccccc3C2)CC1. The quantitative estimate of drug-likeness (QED) is 0.857. The molecule has 1 aromatic carbocycles. The van der Waals surface area contributed by atoms with Gasteiger partial charge in [0.25, 0.3) is 0 Å². The molecule has 1 saturated heterocycles. The standard InChI is InChI=1S/C21H28N2O2/c1-3-20(24)23-12-10-16(11-13-23)15(2)21(25)22-19-9-8-17-6-4-5-7-18(17)14-19/h3-7,15-16,19H,1,8-14H2,2H3,(H,22,25). The van der Waals surface area contributed by atoms with Crippen LogP contribution in [0.5, 0.6) is 0 Å². The van der Waals surface area contributed by atoms with Crippen molar-refractivity contribution in [3.63, 3.8) is 0 Å². The van der Waals surface area contributed by atoms with Gasteiger partial charge in [0.05, 0.1) is 0 Å². The number of piperidine rings is 1. The predicted molar refractivity (Wildman–Crippen MR) is 99.1 cm³/mol. The van der Waals surface area contributed by atoms with Crippen LogP contribution in [0, 0.1) is 11.8 Å². The minimum absolute atomic E-state index is 0.00171. The van der Waals surface area contributed by atoms with Gasteiger partial charge in [-0.05, 0) is 55.2 Å². The van der Waals surface area contributed by atoms with E-state index < -0.39 is 0 Å². The number of hydrogen-bond acceptors (Lipinski definition) is 2. The van der Waals surface area contributed by atoms with Gasteiger partial charge in [-0.25, -0.2) is 0 Å². The highest BCUT2D eigenvalue weighted by Gasteiger charge is 2.30. The summed E-state index contributed by atoms with van der Waals surface area (Å²) in [7, 11) is 0. The molecular weight excluding hydrogens is 312 g/mol. The highest BCUT2D eigenvalue weighted by Crippen LogP contribution is 2.26. The van der Waals surface area contributed by atoms with E-state index in [1.54, 1.807) is 0 Å². The molecule has 0 radical (unpaired) electrons. The number of hydrogen-bond donors (Lipinski definition) is 1. The predicted octanol–water partition coefficient (Wildman–Crippen LogP) is 2.72. The number of likely N-dealkylation sites (tertiary alicyclic amines) is 1. The van der Waals surface area contributed by atoms with Gasteiger partial charge < -0.3 is 10.2 Å². The fourth-order valence-electron chi connectivity index (χ4n) is 4.12. The van der Waals surface area contributed by atoms with E-state index in [-0.39, 0.29) is 23.8 Å². The van der Waals surface area contributed by atoms with Gasteiger partial charge in [0.1, 0.15) is 0 Å². The largest absolute Gasteiger partial charge is 0.353 e. The Bertz CT molecular complexity index is 647. The molecular formula is C21H28N2O2. The lowest BCUT2D eigenvalue weighted by Crippen LogP contribution is -2.45. The molecule has 3 rings (SSSR count). The average Bonchev–Trinajstić information content (AvgIpc) is 2.66. The van der Waals surface area contributed by atoms with E-state index in [9.17, 15) is 9.59 Å². The summed E-state index contributed by atoms with van der Waals surface area (Å²) in [6.07, 6.45) is 6.14. The Labute approximate surface area is 150 Å². The molecule has 2 aliphatic rings. The van der Waals surface area contributed by atoms with Crippen LogP contribution in [0.1, 0.15) is 37.3 Å². The molecule has 4 heteroatoms. The fraction of sp³-hybridized carbons (Fsp3) is 0.524. The summed E-state index contributed by atoms with van der Waals surface area (Å²) in [6.45, 7) is 7.03. The van der Waals surface area contributed by atoms with Crippen molar-refractivity contribution in [3.8, 4) is 0 Å². The smallest absolute Gasteiger partial charge is 0.245 e. The highest BCUT2D eigenvalue weighted by molar-refractivity contribution is 5.87. The molecule has 25 heavy (non-hydrogen) atoms. The van der Waals surface area contributed by atoms with Crippen LogP contribution in [0.3, 0.4) is 0 Å². The fourth-order valence-corrected chi connectivity index (χ4v) is 4.12. The second-order valence-electron chi connectivity index (χ2n) is 7.37. The molecule has 1 N–H and O–H groups in total. The van der Waals surface area contributed by atoms with Crippen molar-refractivity contribution in [2.75, 3.05) is 13.1 Å². The zero-order chi connectivity index (χ0) is 17.8. The molecule has 2 unspecified atom stereocenters. The highest BCUT2D eigenvalue weighted by atomic mass is 16.2. The van der Waals surface area contributed by atoms with Crippen molar-refractivity contribution in [1.82, 2.24) is 10.2 Å². The molecule has 134 valence electrons. The first kappa shape index (κ1) is 17.7. The van der Waals surface area contributed by atoms with Crippen LogP contribution in [0.2, 0.25) is 0 Å². The van der Waals surface area contributed by atoms with E-state index in [1.165, 1.54) is 17.2 Å². The van der Waals surface area contributed by atoms with Crippen molar-refractivity contribution in [3.05, 3.63) is 48.0 Å².